The van der Waals surface area contributed by atoms with E-state index in [2.05, 4.69) is 72.9 Å². The van der Waals surface area contributed by atoms with E-state index in [0.717, 1.165) is 12.0 Å². The van der Waals surface area contributed by atoms with Crippen molar-refractivity contribution in [3.63, 3.8) is 0 Å². The van der Waals surface area contributed by atoms with Crippen LogP contribution in [-0.4, -0.2) is 42.5 Å². The summed E-state index contributed by atoms with van der Waals surface area (Å²) < 4.78 is 5.16. The molecule has 38 heavy (non-hydrogen) atoms. The van der Waals surface area contributed by atoms with Crippen LogP contribution < -0.4 is 5.32 Å². The van der Waals surface area contributed by atoms with E-state index >= 15 is 0 Å². The fraction of sp³-hybridized carbons (Fsp3) is 0.515. The standard InChI is InChI=1S/C33H42N2O3/c1-3-38-33(37)27-18-20-35(21-19-27)32(36)26-16-14-24(15-17-26)28-10-6-11-29(22-28)34-23(2)30-13-7-9-25-8-4-5-12-31(25)30/h4-5,7-9,12-14,16-17,23-24,27-29,34H,3,6,10-11,15,18-22H2,1-2H3/t23?,24?,28-,29-/m0/s1. The summed E-state index contributed by atoms with van der Waals surface area (Å²) in [6.07, 6.45) is 13.7. The quantitative estimate of drug-likeness (QED) is 0.437. The van der Waals surface area contributed by atoms with Crippen molar-refractivity contribution in [1.82, 2.24) is 10.2 Å². The summed E-state index contributed by atoms with van der Waals surface area (Å²) in [6, 6.07) is 16.1. The number of benzene rings is 2. The molecule has 0 aromatic heterocycles. The number of esters is 1. The minimum Gasteiger partial charge on any atom is -0.466 e. The smallest absolute Gasteiger partial charge is 0.309 e. The lowest BCUT2D eigenvalue weighted by Crippen LogP contribution is -2.41. The molecular weight excluding hydrogens is 472 g/mol. The van der Waals surface area contributed by atoms with Crippen molar-refractivity contribution in [2.24, 2.45) is 17.8 Å². The lowest BCUT2D eigenvalue weighted by atomic mass is 9.74. The fourth-order valence-corrected chi connectivity index (χ4v) is 6.75. The monoisotopic (exact) mass is 514 g/mol. The van der Waals surface area contributed by atoms with Crippen molar-refractivity contribution in [2.75, 3.05) is 19.7 Å². The van der Waals surface area contributed by atoms with Gasteiger partial charge in [0.1, 0.15) is 0 Å². The lowest BCUT2D eigenvalue weighted by Gasteiger charge is -2.36. The average Bonchev–Trinajstić information content (AvgIpc) is 2.97. The second-order valence-corrected chi connectivity index (χ2v) is 11.3. The van der Waals surface area contributed by atoms with Gasteiger partial charge in [-0.05, 0) is 80.5 Å². The third-order valence-electron chi connectivity index (χ3n) is 8.88. The van der Waals surface area contributed by atoms with Crippen molar-refractivity contribution < 1.29 is 14.3 Å². The van der Waals surface area contributed by atoms with Crippen LogP contribution in [0.1, 0.15) is 70.4 Å². The highest BCUT2D eigenvalue weighted by Gasteiger charge is 2.32. The molecule has 2 fully saturated rings. The van der Waals surface area contributed by atoms with Gasteiger partial charge in [-0.3, -0.25) is 9.59 Å². The minimum absolute atomic E-state index is 0.0737. The number of fused-ring (bicyclic) bond motifs is 1. The summed E-state index contributed by atoms with van der Waals surface area (Å²) in [5, 5.41) is 6.59. The van der Waals surface area contributed by atoms with Crippen molar-refractivity contribution in [2.45, 2.75) is 70.9 Å². The molecule has 0 spiro atoms. The normalized spacial score (nSPS) is 25.2. The predicted octanol–water partition coefficient (Wildman–Crippen LogP) is 6.35. The van der Waals surface area contributed by atoms with Crippen molar-refractivity contribution in [1.29, 1.82) is 0 Å². The van der Waals surface area contributed by atoms with Gasteiger partial charge < -0.3 is 15.0 Å². The molecule has 1 saturated carbocycles. The summed E-state index contributed by atoms with van der Waals surface area (Å²) in [6.45, 7) is 5.80. The molecule has 5 nitrogen and oxygen atoms in total. The van der Waals surface area contributed by atoms with Gasteiger partial charge in [-0.2, -0.15) is 0 Å². The number of rotatable bonds is 7. The predicted molar refractivity (Wildman–Crippen MR) is 153 cm³/mol. The molecule has 1 N–H and O–H groups in total. The molecule has 5 heteroatoms. The molecule has 1 aliphatic heterocycles. The SMILES string of the molecule is CCOC(=O)C1CCN(C(=O)C2=CCC([C@H]3CCC[C@H](NC(C)c4cccc5ccccc45)C3)C=C2)CC1. The summed E-state index contributed by atoms with van der Waals surface area (Å²) in [5.41, 5.74) is 2.19. The molecule has 4 atom stereocenters. The molecule has 1 heterocycles. The number of nitrogens with one attached hydrogen (secondary N) is 1. The van der Waals surface area contributed by atoms with Gasteiger partial charge in [0.05, 0.1) is 12.5 Å². The molecule has 2 aliphatic carbocycles. The molecule has 1 amide bonds. The summed E-state index contributed by atoms with van der Waals surface area (Å²) in [4.78, 5) is 27.0. The molecule has 3 aliphatic rings. The van der Waals surface area contributed by atoms with E-state index in [1.165, 1.54) is 42.0 Å². The van der Waals surface area contributed by atoms with E-state index < -0.39 is 0 Å². The zero-order valence-electron chi connectivity index (χ0n) is 22.9. The Morgan fingerprint density at radius 3 is 2.61 bits per heavy atom. The first-order valence-electron chi connectivity index (χ1n) is 14.6. The first-order chi connectivity index (χ1) is 18.5. The van der Waals surface area contributed by atoms with E-state index in [4.69, 9.17) is 4.74 Å². The Morgan fingerprint density at radius 2 is 1.84 bits per heavy atom. The average molecular weight is 515 g/mol. The van der Waals surface area contributed by atoms with Crippen LogP contribution in [0.3, 0.4) is 0 Å². The molecule has 2 aromatic rings. The Morgan fingerprint density at radius 1 is 1.05 bits per heavy atom. The Labute approximate surface area is 227 Å². The zero-order valence-corrected chi connectivity index (χ0v) is 22.9. The summed E-state index contributed by atoms with van der Waals surface area (Å²) in [5.74, 6) is 1.06. The van der Waals surface area contributed by atoms with E-state index in [-0.39, 0.29) is 17.8 Å². The summed E-state index contributed by atoms with van der Waals surface area (Å²) >= 11 is 0. The third-order valence-corrected chi connectivity index (χ3v) is 8.88. The first-order valence-corrected chi connectivity index (χ1v) is 14.6. The van der Waals surface area contributed by atoms with Crippen LogP contribution in [0.25, 0.3) is 10.8 Å². The second-order valence-electron chi connectivity index (χ2n) is 11.3. The molecule has 5 rings (SSSR count). The number of carbonyl (C=O) groups is 2. The van der Waals surface area contributed by atoms with Crippen LogP contribution >= 0.6 is 0 Å². The van der Waals surface area contributed by atoms with Gasteiger partial charge in [-0.15, -0.1) is 0 Å². The number of ether oxygens (including phenoxy) is 1. The Bertz CT molecular complexity index is 1190. The molecule has 1 saturated heterocycles. The highest BCUT2D eigenvalue weighted by molar-refractivity contribution is 5.96. The minimum atomic E-state index is -0.119. The van der Waals surface area contributed by atoms with Crippen molar-refractivity contribution >= 4 is 22.6 Å². The van der Waals surface area contributed by atoms with Crippen LogP contribution in [0.2, 0.25) is 0 Å². The van der Waals surface area contributed by atoms with Gasteiger partial charge in [-0.25, -0.2) is 0 Å². The first kappa shape index (κ1) is 26.7. The number of piperidine rings is 1. The van der Waals surface area contributed by atoms with E-state index in [0.29, 0.717) is 56.5 Å². The zero-order chi connectivity index (χ0) is 26.5. The maximum Gasteiger partial charge on any atom is 0.309 e. The number of allylic oxidation sites excluding steroid dienone is 2. The van der Waals surface area contributed by atoms with Gasteiger partial charge >= 0.3 is 5.97 Å². The van der Waals surface area contributed by atoms with E-state index in [9.17, 15) is 9.59 Å². The van der Waals surface area contributed by atoms with Crippen LogP contribution in [0.5, 0.6) is 0 Å². The van der Waals surface area contributed by atoms with Crippen molar-refractivity contribution in [3.05, 3.63) is 71.8 Å². The number of nitrogens with zero attached hydrogens (tertiary/aromatic N) is 1. The topological polar surface area (TPSA) is 58.6 Å². The molecule has 0 bridgehead atoms. The number of hydrogen-bond acceptors (Lipinski definition) is 4. The number of carbonyl (C=O) groups excluding carboxylic acids is 2. The highest BCUT2D eigenvalue weighted by atomic mass is 16.5. The van der Waals surface area contributed by atoms with E-state index in [1.54, 1.807) is 0 Å². The molecule has 2 aromatic carbocycles. The van der Waals surface area contributed by atoms with Gasteiger partial charge in [0.2, 0.25) is 0 Å². The van der Waals surface area contributed by atoms with Gasteiger partial charge in [0.15, 0.2) is 0 Å². The van der Waals surface area contributed by atoms with Crippen molar-refractivity contribution in [3.8, 4) is 0 Å². The number of hydrogen-bond donors (Lipinski definition) is 1. The molecule has 202 valence electrons. The number of amides is 1. The Hall–Kier alpha value is -2.92. The van der Waals surface area contributed by atoms with Gasteiger partial charge in [0.25, 0.3) is 5.91 Å². The second kappa shape index (κ2) is 12.3. The van der Waals surface area contributed by atoms with Crippen LogP contribution in [0.15, 0.2) is 66.3 Å². The van der Waals surface area contributed by atoms with Crippen LogP contribution in [-0.2, 0) is 14.3 Å². The third kappa shape index (κ3) is 6.04. The van der Waals surface area contributed by atoms with E-state index in [1.807, 2.05) is 11.8 Å². The van der Waals surface area contributed by atoms with Crippen LogP contribution in [0, 0.1) is 17.8 Å². The van der Waals surface area contributed by atoms with Gasteiger partial charge in [0, 0.05) is 30.7 Å². The molecule has 2 unspecified atom stereocenters. The highest BCUT2D eigenvalue weighted by Crippen LogP contribution is 2.36. The maximum absolute atomic E-state index is 13.1. The van der Waals surface area contributed by atoms with Crippen LogP contribution in [0.4, 0.5) is 0 Å². The Kier molecular flexibility index (Phi) is 8.63. The lowest BCUT2D eigenvalue weighted by molar-refractivity contribution is -0.150. The summed E-state index contributed by atoms with van der Waals surface area (Å²) in [7, 11) is 0. The number of likely N-dealkylation sites (tertiary alicyclic amines) is 1. The molecular formula is C33H42N2O3. The largest absolute Gasteiger partial charge is 0.466 e. The molecule has 0 radical (unpaired) electrons. The Balaban J connectivity index is 1.13. The fourth-order valence-electron chi connectivity index (χ4n) is 6.75. The maximum atomic E-state index is 13.1. The van der Waals surface area contributed by atoms with Gasteiger partial charge in [-0.1, -0.05) is 67.1 Å².